The molecular weight excluding hydrogens is 410 g/mol. The van der Waals surface area contributed by atoms with E-state index in [9.17, 15) is 8.78 Å². The number of nitrogens with zero attached hydrogens (tertiary/aromatic N) is 6. The van der Waals surface area contributed by atoms with E-state index in [2.05, 4.69) is 21.7 Å². The molecule has 0 N–H and O–H groups in total. The highest BCUT2D eigenvalue weighted by Gasteiger charge is 2.26. The number of aromatic nitrogens is 3. The average molecular weight is 437 g/mol. The van der Waals surface area contributed by atoms with Gasteiger partial charge in [-0.2, -0.15) is 4.98 Å². The van der Waals surface area contributed by atoms with Crippen LogP contribution in [0.15, 0.2) is 48.7 Å². The van der Waals surface area contributed by atoms with Crippen LogP contribution in [-0.2, 0) is 0 Å². The average Bonchev–Trinajstić information content (AvgIpc) is 3.26. The summed E-state index contributed by atoms with van der Waals surface area (Å²) in [6.45, 7) is 5.83. The van der Waals surface area contributed by atoms with Gasteiger partial charge in [0.2, 0.25) is 5.95 Å². The van der Waals surface area contributed by atoms with Crippen LogP contribution in [0.1, 0.15) is 19.8 Å². The van der Waals surface area contributed by atoms with Crippen LogP contribution in [0.25, 0.3) is 11.3 Å². The molecule has 1 aromatic carbocycles. The molecule has 0 radical (unpaired) electrons. The van der Waals surface area contributed by atoms with E-state index in [1.54, 1.807) is 24.4 Å². The SMILES string of the molecule is CC1CCCN1c1nc(-c2ccc(F)cc2)cc(N2CCN(c3ncccc3F)CC2)n1. The van der Waals surface area contributed by atoms with Gasteiger partial charge in [0, 0.05) is 56.6 Å². The highest BCUT2D eigenvalue weighted by molar-refractivity contribution is 5.65. The van der Waals surface area contributed by atoms with Crippen LogP contribution in [-0.4, -0.2) is 53.7 Å². The van der Waals surface area contributed by atoms with E-state index in [1.807, 2.05) is 11.0 Å². The molecular formula is C24H26F2N6. The van der Waals surface area contributed by atoms with Gasteiger partial charge in [0.25, 0.3) is 0 Å². The zero-order valence-electron chi connectivity index (χ0n) is 18.1. The molecule has 8 heteroatoms. The third kappa shape index (κ3) is 4.09. The van der Waals surface area contributed by atoms with Gasteiger partial charge >= 0.3 is 0 Å². The first-order valence-corrected chi connectivity index (χ1v) is 11.1. The van der Waals surface area contributed by atoms with Gasteiger partial charge in [-0.3, -0.25) is 0 Å². The molecule has 3 aromatic rings. The van der Waals surface area contributed by atoms with E-state index in [0.29, 0.717) is 44.0 Å². The Bertz CT molecular complexity index is 1080. The molecule has 166 valence electrons. The molecule has 2 aromatic heterocycles. The largest absolute Gasteiger partial charge is 0.353 e. The van der Waals surface area contributed by atoms with Crippen LogP contribution < -0.4 is 14.7 Å². The van der Waals surface area contributed by atoms with E-state index in [0.717, 1.165) is 36.5 Å². The highest BCUT2D eigenvalue weighted by Crippen LogP contribution is 2.29. The molecule has 0 bridgehead atoms. The summed E-state index contributed by atoms with van der Waals surface area (Å²) in [6, 6.07) is 11.8. The molecule has 2 aliphatic rings. The second kappa shape index (κ2) is 8.68. The molecule has 5 rings (SSSR count). The van der Waals surface area contributed by atoms with Crippen LogP contribution in [0.5, 0.6) is 0 Å². The van der Waals surface area contributed by atoms with Crippen molar-refractivity contribution in [3.63, 3.8) is 0 Å². The Hall–Kier alpha value is -3.29. The lowest BCUT2D eigenvalue weighted by atomic mass is 10.1. The first kappa shape index (κ1) is 20.6. The van der Waals surface area contributed by atoms with Crippen LogP contribution in [0.2, 0.25) is 0 Å². The minimum absolute atomic E-state index is 0.269. The van der Waals surface area contributed by atoms with E-state index in [-0.39, 0.29) is 11.6 Å². The second-order valence-corrected chi connectivity index (χ2v) is 8.39. The van der Waals surface area contributed by atoms with Gasteiger partial charge < -0.3 is 14.7 Å². The summed E-state index contributed by atoms with van der Waals surface area (Å²) in [4.78, 5) is 20.4. The molecule has 0 saturated carbocycles. The topological polar surface area (TPSA) is 48.4 Å². The van der Waals surface area contributed by atoms with Crippen molar-refractivity contribution < 1.29 is 8.78 Å². The Balaban J connectivity index is 1.43. The monoisotopic (exact) mass is 436 g/mol. The molecule has 2 fully saturated rings. The van der Waals surface area contributed by atoms with Crippen molar-refractivity contribution in [2.45, 2.75) is 25.8 Å². The van der Waals surface area contributed by atoms with Crippen molar-refractivity contribution in [1.29, 1.82) is 0 Å². The van der Waals surface area contributed by atoms with Crippen molar-refractivity contribution in [3.8, 4) is 11.3 Å². The lowest BCUT2D eigenvalue weighted by molar-refractivity contribution is 0.586. The van der Waals surface area contributed by atoms with Crippen LogP contribution >= 0.6 is 0 Å². The van der Waals surface area contributed by atoms with E-state index < -0.39 is 0 Å². The molecule has 0 amide bonds. The predicted octanol–water partition coefficient (Wildman–Crippen LogP) is 4.13. The molecule has 0 spiro atoms. The van der Waals surface area contributed by atoms with Gasteiger partial charge in [-0.05, 0) is 56.2 Å². The summed E-state index contributed by atoms with van der Waals surface area (Å²) in [5.74, 6) is 1.38. The molecule has 2 saturated heterocycles. The lowest BCUT2D eigenvalue weighted by Crippen LogP contribution is -2.47. The zero-order chi connectivity index (χ0) is 22.1. The molecule has 32 heavy (non-hydrogen) atoms. The van der Waals surface area contributed by atoms with Crippen molar-refractivity contribution in [2.24, 2.45) is 0 Å². The number of benzene rings is 1. The third-order valence-electron chi connectivity index (χ3n) is 6.29. The molecule has 2 aliphatic heterocycles. The minimum atomic E-state index is -0.299. The Morgan fingerprint density at radius 1 is 0.906 bits per heavy atom. The number of piperazine rings is 1. The number of anilines is 3. The van der Waals surface area contributed by atoms with E-state index >= 15 is 0 Å². The standard InChI is InChI=1S/C24H26F2N6/c1-17-4-3-11-32(17)24-28-21(18-6-8-19(25)9-7-18)16-22(29-24)30-12-14-31(15-13-30)23-20(26)5-2-10-27-23/h2,5-10,16-17H,3-4,11-15H2,1H3. The summed E-state index contributed by atoms with van der Waals surface area (Å²) in [6.07, 6.45) is 3.86. The molecule has 1 unspecified atom stereocenters. The van der Waals surface area contributed by atoms with Gasteiger partial charge in [0.15, 0.2) is 11.6 Å². The minimum Gasteiger partial charge on any atom is -0.353 e. The smallest absolute Gasteiger partial charge is 0.228 e. The fraction of sp³-hybridized carbons (Fsp3) is 0.375. The van der Waals surface area contributed by atoms with Gasteiger partial charge in [-0.25, -0.2) is 18.7 Å². The first-order chi connectivity index (χ1) is 15.6. The van der Waals surface area contributed by atoms with Crippen LogP contribution in [0.3, 0.4) is 0 Å². The van der Waals surface area contributed by atoms with Crippen molar-refractivity contribution in [3.05, 3.63) is 60.3 Å². The van der Waals surface area contributed by atoms with Gasteiger partial charge in [-0.15, -0.1) is 0 Å². The third-order valence-corrected chi connectivity index (χ3v) is 6.29. The molecule has 0 aliphatic carbocycles. The van der Waals surface area contributed by atoms with Gasteiger partial charge in [-0.1, -0.05) is 0 Å². The Morgan fingerprint density at radius 2 is 1.66 bits per heavy atom. The maximum Gasteiger partial charge on any atom is 0.228 e. The molecule has 1 atom stereocenters. The number of hydrogen-bond donors (Lipinski definition) is 0. The summed E-state index contributed by atoms with van der Waals surface area (Å²) in [5, 5.41) is 0. The summed E-state index contributed by atoms with van der Waals surface area (Å²) in [5.41, 5.74) is 1.64. The molecule has 4 heterocycles. The van der Waals surface area contributed by atoms with Crippen molar-refractivity contribution in [1.82, 2.24) is 15.0 Å². The maximum absolute atomic E-state index is 14.2. The number of rotatable bonds is 4. The summed E-state index contributed by atoms with van der Waals surface area (Å²) >= 11 is 0. The number of pyridine rings is 1. The lowest BCUT2D eigenvalue weighted by Gasteiger charge is -2.36. The van der Waals surface area contributed by atoms with Crippen molar-refractivity contribution >= 4 is 17.6 Å². The highest BCUT2D eigenvalue weighted by atomic mass is 19.1. The maximum atomic E-state index is 14.2. The number of hydrogen-bond acceptors (Lipinski definition) is 6. The van der Waals surface area contributed by atoms with Gasteiger partial charge in [0.1, 0.15) is 11.6 Å². The summed E-state index contributed by atoms with van der Waals surface area (Å²) < 4.78 is 27.6. The Kier molecular flexibility index (Phi) is 5.59. The predicted molar refractivity (Wildman–Crippen MR) is 122 cm³/mol. The second-order valence-electron chi connectivity index (χ2n) is 8.39. The number of halogens is 2. The Labute approximate surface area is 186 Å². The zero-order valence-corrected chi connectivity index (χ0v) is 18.1. The van der Waals surface area contributed by atoms with Crippen molar-refractivity contribution in [2.75, 3.05) is 47.4 Å². The van der Waals surface area contributed by atoms with E-state index in [1.165, 1.54) is 18.2 Å². The van der Waals surface area contributed by atoms with E-state index in [4.69, 9.17) is 9.97 Å². The quantitative estimate of drug-likeness (QED) is 0.613. The fourth-order valence-electron chi connectivity index (χ4n) is 4.47. The van der Waals surface area contributed by atoms with Gasteiger partial charge in [0.05, 0.1) is 5.69 Å². The van der Waals surface area contributed by atoms with Crippen LogP contribution in [0, 0.1) is 11.6 Å². The normalized spacial score (nSPS) is 19.0. The van der Waals surface area contributed by atoms with Crippen LogP contribution in [0.4, 0.5) is 26.4 Å². The Morgan fingerprint density at radius 3 is 2.34 bits per heavy atom. The molecule has 6 nitrogen and oxygen atoms in total. The fourth-order valence-corrected chi connectivity index (χ4v) is 4.47. The summed E-state index contributed by atoms with van der Waals surface area (Å²) in [7, 11) is 0. The first-order valence-electron chi connectivity index (χ1n) is 11.1.